The van der Waals surface area contributed by atoms with Crippen molar-refractivity contribution in [3.8, 4) is 0 Å². The second-order valence-electron chi connectivity index (χ2n) is 10.0. The second kappa shape index (κ2) is 7.85. The van der Waals surface area contributed by atoms with Crippen molar-refractivity contribution in [1.82, 2.24) is 0 Å². The summed E-state index contributed by atoms with van der Waals surface area (Å²) < 4.78 is 5.74. The Morgan fingerprint density at radius 1 is 1.04 bits per heavy atom. The van der Waals surface area contributed by atoms with Crippen LogP contribution >= 0.6 is 15.9 Å². The van der Waals surface area contributed by atoms with E-state index in [1.54, 1.807) is 0 Å². The van der Waals surface area contributed by atoms with Crippen molar-refractivity contribution in [2.75, 3.05) is 18.5 Å². The van der Waals surface area contributed by atoms with Gasteiger partial charge in [-0.1, -0.05) is 22.9 Å². The number of fused-ring (bicyclic) bond motifs is 5. The van der Waals surface area contributed by atoms with Crippen molar-refractivity contribution in [2.45, 2.75) is 71.6 Å². The molecule has 0 amide bonds. The first-order valence-electron chi connectivity index (χ1n) is 11.2. The summed E-state index contributed by atoms with van der Waals surface area (Å²) in [5.74, 6) is 6.23. The van der Waals surface area contributed by atoms with Gasteiger partial charge in [-0.25, -0.2) is 0 Å². The Hall–Kier alpha value is 0.110. The summed E-state index contributed by atoms with van der Waals surface area (Å²) in [7, 11) is 0. The monoisotopic (exact) mass is 424 g/mol. The van der Waals surface area contributed by atoms with E-state index in [1.165, 1.54) is 51.4 Å². The number of ketones is 1. The predicted molar refractivity (Wildman–Crippen MR) is 109 cm³/mol. The van der Waals surface area contributed by atoms with E-state index in [2.05, 4.69) is 29.8 Å². The van der Waals surface area contributed by atoms with Gasteiger partial charge in [-0.15, -0.1) is 0 Å². The third kappa shape index (κ3) is 3.23. The van der Waals surface area contributed by atoms with Gasteiger partial charge in [0.25, 0.3) is 0 Å². The number of hydrogen-bond acceptors (Lipinski definition) is 2. The number of rotatable bonds is 5. The lowest BCUT2D eigenvalue weighted by atomic mass is 9.49. The summed E-state index contributed by atoms with van der Waals surface area (Å²) in [6.07, 6.45) is 12.3. The molecule has 4 aliphatic rings. The van der Waals surface area contributed by atoms with Gasteiger partial charge < -0.3 is 4.74 Å². The Labute approximate surface area is 168 Å². The van der Waals surface area contributed by atoms with E-state index in [-0.39, 0.29) is 0 Å². The number of halogens is 1. The molecule has 0 heterocycles. The van der Waals surface area contributed by atoms with Gasteiger partial charge in [0.2, 0.25) is 0 Å². The fourth-order valence-electron chi connectivity index (χ4n) is 8.01. The molecule has 0 bridgehead atoms. The number of hydrogen-bond donors (Lipinski definition) is 0. The van der Waals surface area contributed by atoms with Crippen LogP contribution in [0.2, 0.25) is 0 Å². The lowest BCUT2D eigenvalue weighted by Gasteiger charge is -2.56. The zero-order valence-electron chi connectivity index (χ0n) is 16.7. The molecule has 4 rings (SSSR count). The molecule has 2 nitrogen and oxygen atoms in total. The summed E-state index contributed by atoms with van der Waals surface area (Å²) in [4.78, 5) is 12.5. The van der Waals surface area contributed by atoms with Gasteiger partial charge in [-0.05, 0) is 106 Å². The van der Waals surface area contributed by atoms with E-state index < -0.39 is 0 Å². The lowest BCUT2D eigenvalue weighted by molar-refractivity contribution is -0.128. The molecule has 0 N–H and O–H groups in total. The summed E-state index contributed by atoms with van der Waals surface area (Å²) in [5.41, 5.74) is 0.297. The largest absolute Gasteiger partial charge is 0.381 e. The third-order valence-corrected chi connectivity index (χ3v) is 9.69. The maximum absolute atomic E-state index is 12.5. The number of carbonyl (C=O) groups excluding carboxylic acids is 1. The van der Waals surface area contributed by atoms with Crippen LogP contribution in [0.3, 0.4) is 0 Å². The van der Waals surface area contributed by atoms with Crippen LogP contribution in [0.4, 0.5) is 0 Å². The highest BCUT2D eigenvalue weighted by atomic mass is 79.9. The number of carbonyl (C=O) groups is 1. The molecule has 0 aromatic carbocycles. The van der Waals surface area contributed by atoms with Crippen LogP contribution in [-0.2, 0) is 9.53 Å². The molecule has 26 heavy (non-hydrogen) atoms. The molecule has 0 radical (unpaired) electrons. The van der Waals surface area contributed by atoms with E-state index in [4.69, 9.17) is 4.74 Å². The Bertz CT molecular complexity index is 520. The smallest absolute Gasteiger partial charge is 0.147 e. The zero-order chi connectivity index (χ0) is 18.3. The summed E-state index contributed by atoms with van der Waals surface area (Å²) in [5, 5.41) is 0.556. The van der Waals surface area contributed by atoms with Crippen LogP contribution in [0, 0.1) is 46.8 Å². The standard InChI is InChI=1S/C23H37BrO2/c1-3-26-14-15-4-6-17-16(12-15)5-7-19-18(17)10-11-23(2)20(19)8-9-21(23)22(25)13-24/h15-21H,3-14H2,1-2H3/t15?,16?,17?,18?,19?,20?,21-,23?/m1/s1. The second-order valence-corrected chi connectivity index (χ2v) is 10.6. The molecular weight excluding hydrogens is 388 g/mol. The summed E-state index contributed by atoms with van der Waals surface area (Å²) >= 11 is 3.44. The minimum Gasteiger partial charge on any atom is -0.381 e. The fourth-order valence-corrected chi connectivity index (χ4v) is 8.40. The predicted octanol–water partition coefficient (Wildman–Crippen LogP) is 5.87. The average molecular weight is 425 g/mol. The fraction of sp³-hybridized carbons (Fsp3) is 0.957. The SMILES string of the molecule is CCOCC1CCC2C(CCC3C2CCC2(C)C3CC[C@@H]2C(=O)CBr)C1. The zero-order valence-corrected chi connectivity index (χ0v) is 18.3. The minimum absolute atomic E-state index is 0.297. The normalized spacial score (nSPS) is 47.7. The van der Waals surface area contributed by atoms with Crippen molar-refractivity contribution in [3.05, 3.63) is 0 Å². The van der Waals surface area contributed by atoms with Crippen molar-refractivity contribution in [3.63, 3.8) is 0 Å². The van der Waals surface area contributed by atoms with Crippen molar-refractivity contribution in [1.29, 1.82) is 0 Å². The van der Waals surface area contributed by atoms with Crippen LogP contribution in [0.15, 0.2) is 0 Å². The van der Waals surface area contributed by atoms with E-state index in [1.807, 2.05) is 0 Å². The Balaban J connectivity index is 1.45. The van der Waals surface area contributed by atoms with E-state index in [0.717, 1.165) is 55.1 Å². The summed E-state index contributed by atoms with van der Waals surface area (Å²) in [6, 6.07) is 0. The first-order valence-corrected chi connectivity index (χ1v) is 12.4. The molecule has 148 valence electrons. The molecule has 0 aromatic rings. The van der Waals surface area contributed by atoms with Crippen LogP contribution < -0.4 is 0 Å². The van der Waals surface area contributed by atoms with Crippen LogP contribution in [0.25, 0.3) is 0 Å². The Kier molecular flexibility index (Phi) is 5.87. The topological polar surface area (TPSA) is 26.3 Å². The lowest BCUT2D eigenvalue weighted by Crippen LogP contribution is -2.49. The maximum atomic E-state index is 12.5. The summed E-state index contributed by atoms with van der Waals surface area (Å²) in [6.45, 7) is 6.44. The van der Waals surface area contributed by atoms with Gasteiger partial charge in [0.1, 0.15) is 5.78 Å². The van der Waals surface area contributed by atoms with Gasteiger partial charge >= 0.3 is 0 Å². The van der Waals surface area contributed by atoms with Crippen molar-refractivity contribution in [2.24, 2.45) is 46.8 Å². The van der Waals surface area contributed by atoms with Crippen molar-refractivity contribution >= 4 is 21.7 Å². The van der Waals surface area contributed by atoms with Crippen LogP contribution in [0.1, 0.15) is 71.6 Å². The molecule has 0 saturated heterocycles. The Morgan fingerprint density at radius 3 is 2.62 bits per heavy atom. The molecular formula is C23H37BrO2. The highest BCUT2D eigenvalue weighted by Gasteiger charge is 2.58. The van der Waals surface area contributed by atoms with Gasteiger partial charge in [-0.3, -0.25) is 4.79 Å². The third-order valence-electron chi connectivity index (χ3n) is 9.14. The molecule has 0 aromatic heterocycles. The average Bonchev–Trinajstić information content (AvgIpc) is 3.02. The number of Topliss-reactive ketones (excluding diaryl/α,β-unsaturated/α-hetero) is 1. The van der Waals surface area contributed by atoms with Crippen molar-refractivity contribution < 1.29 is 9.53 Å². The van der Waals surface area contributed by atoms with E-state index in [0.29, 0.717) is 22.4 Å². The highest BCUT2D eigenvalue weighted by Crippen LogP contribution is 2.64. The van der Waals surface area contributed by atoms with E-state index >= 15 is 0 Å². The number of ether oxygens (including phenoxy) is 1. The molecule has 4 aliphatic carbocycles. The van der Waals surface area contributed by atoms with Gasteiger partial charge in [-0.2, -0.15) is 0 Å². The molecule has 4 saturated carbocycles. The quantitative estimate of drug-likeness (QED) is 0.515. The molecule has 0 spiro atoms. The first-order chi connectivity index (χ1) is 12.6. The van der Waals surface area contributed by atoms with Crippen LogP contribution in [0.5, 0.6) is 0 Å². The molecule has 4 fully saturated rings. The molecule has 3 heteroatoms. The molecule has 7 unspecified atom stereocenters. The van der Waals surface area contributed by atoms with Crippen LogP contribution in [-0.4, -0.2) is 24.3 Å². The molecule has 8 atom stereocenters. The molecule has 0 aliphatic heterocycles. The number of alkyl halides is 1. The van der Waals surface area contributed by atoms with Gasteiger partial charge in [0.05, 0.1) is 5.33 Å². The van der Waals surface area contributed by atoms with Gasteiger partial charge in [0, 0.05) is 19.1 Å². The van der Waals surface area contributed by atoms with Gasteiger partial charge in [0.15, 0.2) is 0 Å². The minimum atomic E-state index is 0.297. The maximum Gasteiger partial charge on any atom is 0.147 e. The Morgan fingerprint density at radius 2 is 1.85 bits per heavy atom. The highest BCUT2D eigenvalue weighted by molar-refractivity contribution is 9.09. The van der Waals surface area contributed by atoms with E-state index in [9.17, 15) is 4.79 Å². The first kappa shape index (κ1) is 19.4.